The third-order valence-corrected chi connectivity index (χ3v) is 1.07. The summed E-state index contributed by atoms with van der Waals surface area (Å²) >= 11 is 0. The van der Waals surface area contributed by atoms with E-state index in [1.54, 1.807) is 6.08 Å². The van der Waals surface area contributed by atoms with Gasteiger partial charge in [-0.2, -0.15) is 5.06 Å². The van der Waals surface area contributed by atoms with Crippen molar-refractivity contribution >= 4 is 0 Å². The van der Waals surface area contributed by atoms with Gasteiger partial charge < -0.3 is 5.21 Å². The Balaban J connectivity index is 3.04. The van der Waals surface area contributed by atoms with Gasteiger partial charge in [0.25, 0.3) is 0 Å². The van der Waals surface area contributed by atoms with Gasteiger partial charge in [0.05, 0.1) is 0 Å². The lowest BCUT2D eigenvalue weighted by Gasteiger charge is -2.10. The van der Waals surface area contributed by atoms with Crippen LogP contribution in [0.3, 0.4) is 0 Å². The Morgan fingerprint density at radius 3 is 2.67 bits per heavy atom. The molecular weight excluding hydrogens is 114 g/mol. The van der Waals surface area contributed by atoms with Crippen molar-refractivity contribution < 1.29 is 5.21 Å². The summed E-state index contributed by atoms with van der Waals surface area (Å²) in [6.45, 7) is 7.06. The SMILES string of the molecule is C=CCCN(O)CCC. The predicted molar refractivity (Wildman–Crippen MR) is 38.5 cm³/mol. The van der Waals surface area contributed by atoms with Crippen molar-refractivity contribution in [2.75, 3.05) is 13.1 Å². The standard InChI is InChI=1S/C7H15NO/c1-3-5-7-8(9)6-4-2/h3,9H,1,4-7H2,2H3. The number of hydroxylamine groups is 2. The Morgan fingerprint density at radius 2 is 2.22 bits per heavy atom. The molecule has 54 valence electrons. The zero-order chi connectivity index (χ0) is 7.11. The Bertz CT molecular complexity index is 73.3. The molecule has 1 N–H and O–H groups in total. The minimum Gasteiger partial charge on any atom is -0.314 e. The van der Waals surface area contributed by atoms with E-state index in [-0.39, 0.29) is 0 Å². The highest BCUT2D eigenvalue weighted by atomic mass is 16.5. The maximum absolute atomic E-state index is 8.97. The topological polar surface area (TPSA) is 23.5 Å². The Hall–Kier alpha value is -0.340. The second-order valence-electron chi connectivity index (χ2n) is 2.03. The van der Waals surface area contributed by atoms with Crippen molar-refractivity contribution in [1.29, 1.82) is 0 Å². The predicted octanol–water partition coefficient (Wildman–Crippen LogP) is 1.66. The van der Waals surface area contributed by atoms with Crippen molar-refractivity contribution in [2.45, 2.75) is 19.8 Å². The molecule has 0 atom stereocenters. The van der Waals surface area contributed by atoms with E-state index in [0.717, 1.165) is 19.4 Å². The van der Waals surface area contributed by atoms with Crippen LogP contribution in [0.2, 0.25) is 0 Å². The molecule has 0 aromatic carbocycles. The Morgan fingerprint density at radius 1 is 1.56 bits per heavy atom. The molecule has 0 amide bonds. The first-order chi connectivity index (χ1) is 4.31. The van der Waals surface area contributed by atoms with Gasteiger partial charge in [-0.25, -0.2) is 0 Å². The summed E-state index contributed by atoms with van der Waals surface area (Å²) in [5.41, 5.74) is 0. The maximum atomic E-state index is 8.97. The maximum Gasteiger partial charge on any atom is 0.0272 e. The molecular formula is C7H15NO. The van der Waals surface area contributed by atoms with Crippen molar-refractivity contribution in [2.24, 2.45) is 0 Å². The average molecular weight is 129 g/mol. The lowest BCUT2D eigenvalue weighted by Crippen LogP contribution is -2.20. The van der Waals surface area contributed by atoms with Gasteiger partial charge in [0.1, 0.15) is 0 Å². The molecule has 9 heavy (non-hydrogen) atoms. The van der Waals surface area contributed by atoms with E-state index in [2.05, 4.69) is 6.58 Å². The molecule has 0 heterocycles. The summed E-state index contributed by atoms with van der Waals surface area (Å²) in [6, 6.07) is 0. The highest BCUT2D eigenvalue weighted by molar-refractivity contribution is 4.66. The highest BCUT2D eigenvalue weighted by Crippen LogP contribution is 1.88. The van der Waals surface area contributed by atoms with Crippen LogP contribution in [0, 0.1) is 0 Å². The van der Waals surface area contributed by atoms with Crippen LogP contribution in [0.1, 0.15) is 19.8 Å². The monoisotopic (exact) mass is 129 g/mol. The molecule has 2 heteroatoms. The smallest absolute Gasteiger partial charge is 0.0272 e. The first kappa shape index (κ1) is 8.66. The van der Waals surface area contributed by atoms with E-state index in [0.29, 0.717) is 6.54 Å². The second-order valence-corrected chi connectivity index (χ2v) is 2.03. The average Bonchev–Trinajstić information content (AvgIpc) is 1.85. The number of hydrogen-bond donors (Lipinski definition) is 1. The molecule has 0 radical (unpaired) electrons. The van der Waals surface area contributed by atoms with Crippen LogP contribution in [0.25, 0.3) is 0 Å². The molecule has 0 aromatic heterocycles. The molecule has 0 bridgehead atoms. The molecule has 0 saturated heterocycles. The van der Waals surface area contributed by atoms with Crippen LogP contribution in [-0.4, -0.2) is 23.4 Å². The molecule has 0 spiro atoms. The molecule has 0 aromatic rings. The van der Waals surface area contributed by atoms with Crippen molar-refractivity contribution in [3.05, 3.63) is 12.7 Å². The first-order valence-electron chi connectivity index (χ1n) is 3.36. The third-order valence-electron chi connectivity index (χ3n) is 1.07. The number of rotatable bonds is 5. The lowest BCUT2D eigenvalue weighted by atomic mass is 10.4. The van der Waals surface area contributed by atoms with Crippen molar-refractivity contribution in [3.8, 4) is 0 Å². The molecule has 0 saturated carbocycles. The summed E-state index contributed by atoms with van der Waals surface area (Å²) in [4.78, 5) is 0. The van der Waals surface area contributed by atoms with Gasteiger partial charge in [-0.3, -0.25) is 0 Å². The van der Waals surface area contributed by atoms with E-state index >= 15 is 0 Å². The highest BCUT2D eigenvalue weighted by Gasteiger charge is 1.93. The lowest BCUT2D eigenvalue weighted by molar-refractivity contribution is -0.0888. The molecule has 0 rings (SSSR count). The third kappa shape index (κ3) is 5.53. The zero-order valence-electron chi connectivity index (χ0n) is 6.01. The van der Waals surface area contributed by atoms with Gasteiger partial charge in [-0.15, -0.1) is 6.58 Å². The van der Waals surface area contributed by atoms with Crippen LogP contribution < -0.4 is 0 Å². The van der Waals surface area contributed by atoms with Crippen LogP contribution in [-0.2, 0) is 0 Å². The van der Waals surface area contributed by atoms with Crippen molar-refractivity contribution in [3.63, 3.8) is 0 Å². The van der Waals surface area contributed by atoms with Crippen LogP contribution in [0.15, 0.2) is 12.7 Å². The van der Waals surface area contributed by atoms with E-state index in [1.165, 1.54) is 5.06 Å². The fraction of sp³-hybridized carbons (Fsp3) is 0.714. The fourth-order valence-electron chi connectivity index (χ4n) is 0.610. The summed E-state index contributed by atoms with van der Waals surface area (Å²) < 4.78 is 0. The van der Waals surface area contributed by atoms with Gasteiger partial charge in [-0.05, 0) is 12.8 Å². The quantitative estimate of drug-likeness (QED) is 0.451. The first-order valence-corrected chi connectivity index (χ1v) is 3.36. The summed E-state index contributed by atoms with van der Waals surface area (Å²) in [6.07, 6.45) is 3.66. The van der Waals surface area contributed by atoms with Crippen LogP contribution in [0.5, 0.6) is 0 Å². The minimum absolute atomic E-state index is 0.706. The van der Waals surface area contributed by atoms with Gasteiger partial charge in [0.15, 0.2) is 0 Å². The zero-order valence-corrected chi connectivity index (χ0v) is 6.01. The fourth-order valence-corrected chi connectivity index (χ4v) is 0.610. The second kappa shape index (κ2) is 5.79. The summed E-state index contributed by atoms with van der Waals surface area (Å²) in [5, 5.41) is 10.3. The Kier molecular flexibility index (Phi) is 5.57. The van der Waals surface area contributed by atoms with Crippen LogP contribution in [0.4, 0.5) is 0 Å². The molecule has 0 aliphatic rings. The van der Waals surface area contributed by atoms with Gasteiger partial charge in [-0.1, -0.05) is 13.0 Å². The molecule has 0 fully saturated rings. The van der Waals surface area contributed by atoms with Gasteiger partial charge in [0.2, 0.25) is 0 Å². The molecule has 2 nitrogen and oxygen atoms in total. The largest absolute Gasteiger partial charge is 0.314 e. The van der Waals surface area contributed by atoms with Crippen LogP contribution >= 0.6 is 0 Å². The molecule has 0 unspecified atom stereocenters. The minimum atomic E-state index is 0.706. The van der Waals surface area contributed by atoms with E-state index < -0.39 is 0 Å². The van der Waals surface area contributed by atoms with E-state index in [9.17, 15) is 0 Å². The normalized spacial score (nSPS) is 10.1. The Labute approximate surface area is 56.7 Å². The van der Waals surface area contributed by atoms with E-state index in [4.69, 9.17) is 5.21 Å². The number of nitrogens with zero attached hydrogens (tertiary/aromatic N) is 1. The molecule has 0 aliphatic heterocycles. The van der Waals surface area contributed by atoms with Gasteiger partial charge >= 0.3 is 0 Å². The molecule has 0 aliphatic carbocycles. The number of hydrogen-bond acceptors (Lipinski definition) is 2. The van der Waals surface area contributed by atoms with Gasteiger partial charge in [0, 0.05) is 13.1 Å². The van der Waals surface area contributed by atoms with E-state index in [1.807, 2.05) is 6.92 Å². The van der Waals surface area contributed by atoms with Crippen molar-refractivity contribution in [1.82, 2.24) is 5.06 Å². The summed E-state index contributed by atoms with van der Waals surface area (Å²) in [5.74, 6) is 0. The summed E-state index contributed by atoms with van der Waals surface area (Å²) in [7, 11) is 0.